The zero-order chi connectivity index (χ0) is 12.0. The summed E-state index contributed by atoms with van der Waals surface area (Å²) in [6, 6.07) is 0.272. The van der Waals surface area contributed by atoms with Crippen LogP contribution in [0, 0.1) is 0 Å². The normalized spacial score (nSPS) is 22.4. The highest BCUT2D eigenvalue weighted by Crippen LogP contribution is 2.05. The molecule has 1 heterocycles. The molecular weight excluding hydrogens is 202 g/mol. The van der Waals surface area contributed by atoms with Gasteiger partial charge in [-0.15, -0.1) is 0 Å². The summed E-state index contributed by atoms with van der Waals surface area (Å²) in [5, 5.41) is 6.30. The fraction of sp³-hybridized carbons (Fsp3) is 0.917. The molecule has 1 fully saturated rings. The molecule has 1 unspecified atom stereocenters. The van der Waals surface area contributed by atoms with E-state index in [4.69, 9.17) is 0 Å². The number of hydrogen-bond donors (Lipinski definition) is 2. The summed E-state index contributed by atoms with van der Waals surface area (Å²) in [6.07, 6.45) is 2.09. The van der Waals surface area contributed by atoms with Gasteiger partial charge in [-0.25, -0.2) is 0 Å². The predicted octanol–water partition coefficient (Wildman–Crippen LogP) is 0.585. The Kier molecular flexibility index (Phi) is 5.77. The van der Waals surface area contributed by atoms with Gasteiger partial charge < -0.3 is 15.5 Å². The Morgan fingerprint density at radius 2 is 2.19 bits per heavy atom. The molecule has 0 radical (unpaired) electrons. The van der Waals surface area contributed by atoms with Crippen molar-refractivity contribution in [2.24, 2.45) is 0 Å². The molecule has 0 saturated carbocycles. The van der Waals surface area contributed by atoms with Crippen molar-refractivity contribution in [1.82, 2.24) is 15.5 Å². The smallest absolute Gasteiger partial charge is 0.237 e. The first-order valence-electron chi connectivity index (χ1n) is 6.43. The van der Waals surface area contributed by atoms with Crippen LogP contribution in [0.2, 0.25) is 0 Å². The molecule has 4 heteroatoms. The van der Waals surface area contributed by atoms with Gasteiger partial charge in [-0.2, -0.15) is 0 Å². The molecule has 2 atom stereocenters. The zero-order valence-electron chi connectivity index (χ0n) is 10.8. The van der Waals surface area contributed by atoms with E-state index in [1.807, 2.05) is 0 Å². The van der Waals surface area contributed by atoms with Crippen LogP contribution >= 0.6 is 0 Å². The van der Waals surface area contributed by atoms with Crippen molar-refractivity contribution in [3.8, 4) is 0 Å². The summed E-state index contributed by atoms with van der Waals surface area (Å²) in [5.41, 5.74) is 0. The van der Waals surface area contributed by atoms with Gasteiger partial charge in [-0.3, -0.25) is 4.79 Å². The molecule has 0 aromatic heterocycles. The third kappa shape index (κ3) is 4.10. The highest BCUT2D eigenvalue weighted by molar-refractivity contribution is 5.82. The van der Waals surface area contributed by atoms with Crippen LogP contribution in [0.1, 0.15) is 33.6 Å². The minimum atomic E-state index is 0.0409. The number of carbonyl (C=O) groups is 1. The highest BCUT2D eigenvalue weighted by atomic mass is 16.2. The Labute approximate surface area is 98.8 Å². The second-order valence-corrected chi connectivity index (χ2v) is 4.54. The standard InChI is InChI=1S/C12H25N3O/c1-4-15(5-2)9-10(3)14-12(16)11-7-6-8-13-11/h10-11,13H,4-9H2,1-3H3,(H,14,16)/t10?,11-/m1/s1. The van der Waals surface area contributed by atoms with Crippen molar-refractivity contribution in [2.45, 2.75) is 45.7 Å². The number of nitrogens with one attached hydrogen (secondary N) is 2. The van der Waals surface area contributed by atoms with Gasteiger partial charge in [0.25, 0.3) is 0 Å². The first-order chi connectivity index (χ1) is 7.67. The van der Waals surface area contributed by atoms with Gasteiger partial charge >= 0.3 is 0 Å². The van der Waals surface area contributed by atoms with Crippen molar-refractivity contribution in [1.29, 1.82) is 0 Å². The molecule has 0 bridgehead atoms. The summed E-state index contributed by atoms with van der Waals surface area (Å²) in [5.74, 6) is 0.164. The maximum atomic E-state index is 11.8. The molecule has 4 nitrogen and oxygen atoms in total. The van der Waals surface area contributed by atoms with Crippen LogP contribution in [-0.2, 0) is 4.79 Å². The van der Waals surface area contributed by atoms with Gasteiger partial charge in [-0.05, 0) is 39.4 Å². The van der Waals surface area contributed by atoms with E-state index in [-0.39, 0.29) is 18.0 Å². The summed E-state index contributed by atoms with van der Waals surface area (Å²) in [7, 11) is 0. The van der Waals surface area contributed by atoms with E-state index in [2.05, 4.69) is 36.3 Å². The fourth-order valence-electron chi connectivity index (χ4n) is 2.17. The molecule has 1 saturated heterocycles. The lowest BCUT2D eigenvalue weighted by atomic mass is 10.2. The lowest BCUT2D eigenvalue weighted by molar-refractivity contribution is -0.123. The number of nitrogens with zero attached hydrogens (tertiary/aromatic N) is 1. The molecule has 0 spiro atoms. The van der Waals surface area contributed by atoms with Crippen LogP contribution in [-0.4, -0.2) is 49.1 Å². The Hall–Kier alpha value is -0.610. The number of likely N-dealkylation sites (N-methyl/N-ethyl adjacent to an activating group) is 1. The van der Waals surface area contributed by atoms with E-state index in [1.165, 1.54) is 0 Å². The summed E-state index contributed by atoms with van der Waals surface area (Å²) >= 11 is 0. The zero-order valence-corrected chi connectivity index (χ0v) is 10.8. The lowest BCUT2D eigenvalue weighted by Crippen LogP contribution is -2.48. The van der Waals surface area contributed by atoms with Crippen molar-refractivity contribution in [3.05, 3.63) is 0 Å². The van der Waals surface area contributed by atoms with Crippen LogP contribution in [0.3, 0.4) is 0 Å². The maximum absolute atomic E-state index is 11.8. The molecule has 0 aromatic rings. The van der Waals surface area contributed by atoms with Gasteiger partial charge in [0, 0.05) is 12.6 Å². The monoisotopic (exact) mass is 227 g/mol. The molecule has 1 amide bonds. The van der Waals surface area contributed by atoms with Crippen LogP contribution < -0.4 is 10.6 Å². The Bertz CT molecular complexity index is 210. The third-order valence-electron chi connectivity index (χ3n) is 3.19. The number of rotatable bonds is 6. The van der Waals surface area contributed by atoms with Gasteiger partial charge in [0.2, 0.25) is 5.91 Å². The van der Waals surface area contributed by atoms with Crippen LogP contribution in [0.25, 0.3) is 0 Å². The average Bonchev–Trinajstić information content (AvgIpc) is 2.79. The van der Waals surface area contributed by atoms with Crippen molar-refractivity contribution >= 4 is 5.91 Å². The average molecular weight is 227 g/mol. The highest BCUT2D eigenvalue weighted by Gasteiger charge is 2.23. The van der Waals surface area contributed by atoms with E-state index < -0.39 is 0 Å². The summed E-state index contributed by atoms with van der Waals surface area (Å²) in [6.45, 7) is 10.4. The first-order valence-corrected chi connectivity index (χ1v) is 6.43. The summed E-state index contributed by atoms with van der Waals surface area (Å²) < 4.78 is 0. The van der Waals surface area contributed by atoms with E-state index in [0.29, 0.717) is 0 Å². The molecule has 0 aromatic carbocycles. The van der Waals surface area contributed by atoms with E-state index >= 15 is 0 Å². The Morgan fingerprint density at radius 3 is 2.69 bits per heavy atom. The van der Waals surface area contributed by atoms with Gasteiger partial charge in [-0.1, -0.05) is 13.8 Å². The molecule has 2 N–H and O–H groups in total. The predicted molar refractivity (Wildman–Crippen MR) is 66.4 cm³/mol. The third-order valence-corrected chi connectivity index (χ3v) is 3.19. The Morgan fingerprint density at radius 1 is 1.50 bits per heavy atom. The molecular formula is C12H25N3O. The van der Waals surface area contributed by atoms with Crippen molar-refractivity contribution < 1.29 is 4.79 Å². The number of amides is 1. The number of hydrogen-bond acceptors (Lipinski definition) is 3. The van der Waals surface area contributed by atoms with Gasteiger partial charge in [0.05, 0.1) is 6.04 Å². The fourth-order valence-corrected chi connectivity index (χ4v) is 2.17. The molecule has 94 valence electrons. The van der Waals surface area contributed by atoms with E-state index in [9.17, 15) is 4.79 Å². The maximum Gasteiger partial charge on any atom is 0.237 e. The largest absolute Gasteiger partial charge is 0.351 e. The minimum absolute atomic E-state index is 0.0409. The topological polar surface area (TPSA) is 44.4 Å². The Balaban J connectivity index is 2.26. The minimum Gasteiger partial charge on any atom is -0.351 e. The van der Waals surface area contributed by atoms with Crippen LogP contribution in [0.15, 0.2) is 0 Å². The van der Waals surface area contributed by atoms with E-state index in [1.54, 1.807) is 0 Å². The van der Waals surface area contributed by atoms with E-state index in [0.717, 1.165) is 39.0 Å². The summed E-state index contributed by atoms with van der Waals surface area (Å²) in [4.78, 5) is 14.1. The molecule has 16 heavy (non-hydrogen) atoms. The second kappa shape index (κ2) is 6.86. The van der Waals surface area contributed by atoms with Crippen LogP contribution in [0.4, 0.5) is 0 Å². The van der Waals surface area contributed by atoms with Crippen molar-refractivity contribution in [2.75, 3.05) is 26.2 Å². The molecule has 1 aliphatic rings. The second-order valence-electron chi connectivity index (χ2n) is 4.54. The van der Waals surface area contributed by atoms with Gasteiger partial charge in [0.15, 0.2) is 0 Å². The van der Waals surface area contributed by atoms with Crippen LogP contribution in [0.5, 0.6) is 0 Å². The molecule has 1 aliphatic heterocycles. The first kappa shape index (κ1) is 13.5. The van der Waals surface area contributed by atoms with Gasteiger partial charge in [0.1, 0.15) is 0 Å². The molecule has 1 rings (SSSR count). The SMILES string of the molecule is CCN(CC)CC(C)NC(=O)[C@H]1CCCN1. The number of carbonyl (C=O) groups excluding carboxylic acids is 1. The van der Waals surface area contributed by atoms with Crippen molar-refractivity contribution in [3.63, 3.8) is 0 Å². The molecule has 0 aliphatic carbocycles. The lowest BCUT2D eigenvalue weighted by Gasteiger charge is -2.24. The quantitative estimate of drug-likeness (QED) is 0.698.